The van der Waals surface area contributed by atoms with Gasteiger partial charge in [-0.15, -0.1) is 0 Å². The lowest BCUT2D eigenvalue weighted by Crippen LogP contribution is -2.44. The molecule has 2 aromatic rings. The highest BCUT2D eigenvalue weighted by Crippen LogP contribution is 2.27. The van der Waals surface area contributed by atoms with E-state index in [9.17, 15) is 9.18 Å². The number of halogens is 1. The number of hydrogen-bond acceptors (Lipinski definition) is 4. The lowest BCUT2D eigenvalue weighted by molar-refractivity contribution is 0.101. The van der Waals surface area contributed by atoms with Crippen LogP contribution in [0.5, 0.6) is 0 Å². The van der Waals surface area contributed by atoms with Crippen molar-refractivity contribution in [3.05, 3.63) is 59.9 Å². The number of amides is 1. The van der Waals surface area contributed by atoms with E-state index in [0.29, 0.717) is 19.6 Å². The Labute approximate surface area is 164 Å². The molecule has 2 aromatic carbocycles. The third kappa shape index (κ3) is 4.82. The minimum Gasteiger partial charge on any atom is -0.450 e. The van der Waals surface area contributed by atoms with E-state index in [1.807, 2.05) is 42.7 Å². The average molecular weight is 389 g/mol. The standard InChI is InChI=1S/C21H25FN2O2S/c1-3-26-21(25)24-10-9-19(23-27-2)20(24)13-15-11-17(14-18(22)12-15)16-7-5-4-6-8-16/h4-8,11-12,14,19-20,23H,3,9-10,13H2,1-2H3. The minimum atomic E-state index is -0.299. The Morgan fingerprint density at radius 2 is 2.04 bits per heavy atom. The van der Waals surface area contributed by atoms with Crippen molar-refractivity contribution in [2.24, 2.45) is 0 Å². The minimum absolute atomic E-state index is 0.0677. The molecule has 4 nitrogen and oxygen atoms in total. The predicted molar refractivity (Wildman–Crippen MR) is 108 cm³/mol. The van der Waals surface area contributed by atoms with Gasteiger partial charge < -0.3 is 9.64 Å². The van der Waals surface area contributed by atoms with Crippen LogP contribution in [0.4, 0.5) is 9.18 Å². The fourth-order valence-electron chi connectivity index (χ4n) is 3.63. The maximum atomic E-state index is 14.3. The number of hydrogen-bond donors (Lipinski definition) is 1. The van der Waals surface area contributed by atoms with Crippen LogP contribution in [0.2, 0.25) is 0 Å². The largest absolute Gasteiger partial charge is 0.450 e. The van der Waals surface area contributed by atoms with Gasteiger partial charge in [0.1, 0.15) is 5.82 Å². The molecule has 1 heterocycles. The molecule has 1 aliphatic rings. The molecule has 27 heavy (non-hydrogen) atoms. The molecule has 0 saturated carbocycles. The van der Waals surface area contributed by atoms with E-state index >= 15 is 0 Å². The second-order valence-electron chi connectivity index (χ2n) is 6.60. The summed E-state index contributed by atoms with van der Waals surface area (Å²) in [7, 11) is 0. The smallest absolute Gasteiger partial charge is 0.410 e. The average Bonchev–Trinajstić information content (AvgIpc) is 3.05. The molecule has 2 atom stereocenters. The topological polar surface area (TPSA) is 41.6 Å². The van der Waals surface area contributed by atoms with Gasteiger partial charge in [0.25, 0.3) is 0 Å². The van der Waals surface area contributed by atoms with E-state index in [1.165, 1.54) is 0 Å². The zero-order chi connectivity index (χ0) is 19.2. The van der Waals surface area contributed by atoms with Crippen molar-refractivity contribution in [3.8, 4) is 11.1 Å². The monoisotopic (exact) mass is 388 g/mol. The van der Waals surface area contributed by atoms with Crippen LogP contribution in [0, 0.1) is 5.82 Å². The fraction of sp³-hybridized carbons (Fsp3) is 0.381. The Hall–Kier alpha value is -2.05. The molecular weight excluding hydrogens is 363 g/mol. The van der Waals surface area contributed by atoms with Gasteiger partial charge in [-0.05, 0) is 54.8 Å². The van der Waals surface area contributed by atoms with Crippen molar-refractivity contribution in [2.45, 2.75) is 31.8 Å². The lowest BCUT2D eigenvalue weighted by Gasteiger charge is -2.28. The van der Waals surface area contributed by atoms with Crippen molar-refractivity contribution >= 4 is 18.0 Å². The highest BCUT2D eigenvalue weighted by molar-refractivity contribution is 7.96. The van der Waals surface area contributed by atoms with Crippen LogP contribution in [0.3, 0.4) is 0 Å². The van der Waals surface area contributed by atoms with E-state index in [1.54, 1.807) is 35.9 Å². The normalized spacial score (nSPS) is 19.3. The van der Waals surface area contributed by atoms with E-state index in [4.69, 9.17) is 4.74 Å². The molecular formula is C21H25FN2O2S. The molecule has 0 aromatic heterocycles. The predicted octanol–water partition coefficient (Wildman–Crippen LogP) is 4.50. The molecule has 0 spiro atoms. The Bertz CT molecular complexity index is 772. The van der Waals surface area contributed by atoms with Crippen molar-refractivity contribution in [3.63, 3.8) is 0 Å². The summed E-state index contributed by atoms with van der Waals surface area (Å²) < 4.78 is 22.9. The van der Waals surface area contributed by atoms with Gasteiger partial charge in [-0.3, -0.25) is 4.72 Å². The summed E-state index contributed by atoms with van der Waals surface area (Å²) in [5, 5.41) is 0. The molecule has 0 radical (unpaired) electrons. The van der Waals surface area contributed by atoms with Gasteiger partial charge in [0.05, 0.1) is 12.6 Å². The summed E-state index contributed by atoms with van der Waals surface area (Å²) in [6, 6.07) is 15.0. The first-order chi connectivity index (χ1) is 13.1. The van der Waals surface area contributed by atoms with Crippen LogP contribution < -0.4 is 4.72 Å². The van der Waals surface area contributed by atoms with Gasteiger partial charge in [-0.1, -0.05) is 48.3 Å². The SMILES string of the molecule is CCOC(=O)N1CCC(NSC)C1Cc1cc(F)cc(-c2ccccc2)c1. The Balaban J connectivity index is 1.86. The summed E-state index contributed by atoms with van der Waals surface area (Å²) in [4.78, 5) is 14.1. The number of carbonyl (C=O) groups excluding carboxylic acids is 1. The number of carbonyl (C=O) groups is 1. The summed E-state index contributed by atoms with van der Waals surface area (Å²) >= 11 is 1.54. The van der Waals surface area contributed by atoms with Crippen molar-refractivity contribution in [2.75, 3.05) is 19.4 Å². The highest BCUT2D eigenvalue weighted by atomic mass is 32.2. The fourth-order valence-corrected chi connectivity index (χ4v) is 4.21. The highest BCUT2D eigenvalue weighted by Gasteiger charge is 2.37. The number of nitrogens with one attached hydrogen (secondary N) is 1. The second-order valence-corrected chi connectivity index (χ2v) is 7.24. The van der Waals surface area contributed by atoms with Crippen LogP contribution in [0.1, 0.15) is 18.9 Å². The van der Waals surface area contributed by atoms with E-state index in [0.717, 1.165) is 23.1 Å². The molecule has 1 N–H and O–H groups in total. The second kappa shape index (κ2) is 9.24. The van der Waals surface area contributed by atoms with Gasteiger partial charge in [0.2, 0.25) is 0 Å². The summed E-state index contributed by atoms with van der Waals surface area (Å²) in [6.45, 7) is 2.79. The molecule has 0 aliphatic carbocycles. The zero-order valence-corrected chi connectivity index (χ0v) is 16.5. The number of rotatable bonds is 6. The van der Waals surface area contributed by atoms with Crippen LogP contribution in [-0.2, 0) is 11.2 Å². The van der Waals surface area contributed by atoms with Crippen LogP contribution >= 0.6 is 11.9 Å². The maximum absolute atomic E-state index is 14.3. The Morgan fingerprint density at radius 1 is 1.26 bits per heavy atom. The summed E-state index contributed by atoms with van der Waals surface area (Å²) in [6.07, 6.45) is 3.10. The maximum Gasteiger partial charge on any atom is 0.410 e. The van der Waals surface area contributed by atoms with E-state index < -0.39 is 0 Å². The quantitative estimate of drug-likeness (QED) is 0.740. The summed E-state index contributed by atoms with van der Waals surface area (Å²) in [5.74, 6) is -0.263. The van der Waals surface area contributed by atoms with Crippen molar-refractivity contribution < 1.29 is 13.9 Å². The van der Waals surface area contributed by atoms with E-state index in [-0.39, 0.29) is 24.0 Å². The molecule has 1 fully saturated rings. The molecule has 144 valence electrons. The third-order valence-electron chi connectivity index (χ3n) is 4.83. The zero-order valence-electron chi connectivity index (χ0n) is 15.7. The number of benzene rings is 2. The van der Waals surface area contributed by atoms with Crippen LogP contribution in [0.25, 0.3) is 11.1 Å². The molecule has 1 aliphatic heterocycles. The molecule has 6 heteroatoms. The third-order valence-corrected chi connectivity index (χ3v) is 5.37. The molecule has 2 unspecified atom stereocenters. The van der Waals surface area contributed by atoms with Crippen molar-refractivity contribution in [1.82, 2.24) is 9.62 Å². The number of likely N-dealkylation sites (tertiary alicyclic amines) is 1. The molecule has 1 amide bonds. The van der Waals surface area contributed by atoms with Gasteiger partial charge >= 0.3 is 6.09 Å². The number of ether oxygens (including phenoxy) is 1. The van der Waals surface area contributed by atoms with E-state index in [2.05, 4.69) is 4.72 Å². The molecule has 1 saturated heterocycles. The van der Waals surface area contributed by atoms with Gasteiger partial charge in [0, 0.05) is 12.6 Å². The first-order valence-electron chi connectivity index (χ1n) is 9.19. The van der Waals surface area contributed by atoms with Crippen molar-refractivity contribution in [1.29, 1.82) is 0 Å². The van der Waals surface area contributed by atoms with Crippen LogP contribution in [0.15, 0.2) is 48.5 Å². The van der Waals surface area contributed by atoms with Crippen LogP contribution in [-0.4, -0.2) is 42.5 Å². The molecule has 0 bridgehead atoms. The van der Waals surface area contributed by atoms with Gasteiger partial charge in [0.15, 0.2) is 0 Å². The number of nitrogens with zero attached hydrogens (tertiary/aromatic N) is 1. The lowest BCUT2D eigenvalue weighted by atomic mass is 9.97. The Kier molecular flexibility index (Phi) is 6.74. The molecule has 3 rings (SSSR count). The van der Waals surface area contributed by atoms with Gasteiger partial charge in [-0.25, -0.2) is 9.18 Å². The Morgan fingerprint density at radius 3 is 2.74 bits per heavy atom. The first kappa shape index (κ1) is 19.7. The first-order valence-corrected chi connectivity index (χ1v) is 10.4. The van der Waals surface area contributed by atoms with Gasteiger partial charge in [-0.2, -0.15) is 0 Å². The summed E-state index contributed by atoms with van der Waals surface area (Å²) in [5.41, 5.74) is 2.70.